The summed E-state index contributed by atoms with van der Waals surface area (Å²) in [7, 11) is 0. The molecule has 0 heterocycles. The second-order valence-corrected chi connectivity index (χ2v) is 6.04. The fourth-order valence-electron chi connectivity index (χ4n) is 2.28. The second-order valence-electron chi connectivity index (χ2n) is 6.04. The maximum Gasteiger partial charge on any atom is 0.433 e. The van der Waals surface area contributed by atoms with Gasteiger partial charge < -0.3 is 15.2 Å². The maximum atomic E-state index is 12.5. The molecule has 2 aromatic rings. The summed E-state index contributed by atoms with van der Waals surface area (Å²) < 4.78 is 85.8. The van der Waals surface area contributed by atoms with Crippen molar-refractivity contribution in [3.05, 3.63) is 59.7 Å². The lowest BCUT2D eigenvalue weighted by atomic mass is 10.1. The molecule has 2 rings (SSSR count). The molecule has 2 aromatic carbocycles. The molecule has 0 bridgehead atoms. The quantitative estimate of drug-likeness (QED) is 0.358. The number of nitrogens with two attached hydrogens (primary N) is 1. The predicted octanol–water partition coefficient (Wildman–Crippen LogP) is 5.03. The summed E-state index contributed by atoms with van der Waals surface area (Å²) in [4.78, 5) is 0. The SMILES string of the molecule is N=C(c1ccc(OCCCOc2ccc(C(N)C(F)(F)F)cc2)cc1)C(F)(F)F. The van der Waals surface area contributed by atoms with Gasteiger partial charge >= 0.3 is 12.4 Å². The summed E-state index contributed by atoms with van der Waals surface area (Å²) in [5, 5.41) is 7.05. The van der Waals surface area contributed by atoms with E-state index in [2.05, 4.69) is 0 Å². The van der Waals surface area contributed by atoms with Crippen molar-refractivity contribution in [2.24, 2.45) is 5.73 Å². The van der Waals surface area contributed by atoms with Gasteiger partial charge in [-0.1, -0.05) is 12.1 Å². The lowest BCUT2D eigenvalue weighted by Gasteiger charge is -2.16. The summed E-state index contributed by atoms with van der Waals surface area (Å²) in [6.07, 6.45) is -8.80. The first-order chi connectivity index (χ1) is 13.5. The van der Waals surface area contributed by atoms with E-state index in [0.29, 0.717) is 17.9 Å². The Morgan fingerprint density at radius 2 is 1.28 bits per heavy atom. The van der Waals surface area contributed by atoms with Crippen LogP contribution in [0.1, 0.15) is 23.6 Å². The summed E-state index contributed by atoms with van der Waals surface area (Å²) in [5.41, 5.74) is 3.35. The molecule has 1 unspecified atom stereocenters. The molecule has 0 amide bonds. The van der Waals surface area contributed by atoms with E-state index in [0.717, 1.165) is 12.1 Å². The van der Waals surface area contributed by atoms with Gasteiger partial charge in [-0.3, -0.25) is 5.41 Å². The molecular weight excluding hydrogens is 402 g/mol. The Bertz CT molecular complexity index is 801. The van der Waals surface area contributed by atoms with E-state index in [-0.39, 0.29) is 24.3 Å². The number of hydrogen-bond acceptors (Lipinski definition) is 4. The minimum Gasteiger partial charge on any atom is -0.493 e. The number of rotatable bonds is 8. The average molecular weight is 420 g/mol. The van der Waals surface area contributed by atoms with Gasteiger partial charge in [0, 0.05) is 12.0 Å². The van der Waals surface area contributed by atoms with E-state index in [1.807, 2.05) is 0 Å². The van der Waals surface area contributed by atoms with Crippen LogP contribution in [0.15, 0.2) is 48.5 Å². The molecule has 29 heavy (non-hydrogen) atoms. The van der Waals surface area contributed by atoms with Gasteiger partial charge in [0.2, 0.25) is 0 Å². The summed E-state index contributed by atoms with van der Waals surface area (Å²) >= 11 is 0. The number of alkyl halides is 6. The zero-order valence-corrected chi connectivity index (χ0v) is 15.0. The van der Waals surface area contributed by atoms with Gasteiger partial charge in [-0.2, -0.15) is 26.3 Å². The Balaban J connectivity index is 1.74. The predicted molar refractivity (Wildman–Crippen MR) is 94.4 cm³/mol. The minimum atomic E-state index is -4.71. The number of halogens is 6. The van der Waals surface area contributed by atoms with Crippen molar-refractivity contribution in [3.8, 4) is 11.5 Å². The van der Waals surface area contributed by atoms with Gasteiger partial charge in [0.05, 0.1) is 13.2 Å². The van der Waals surface area contributed by atoms with E-state index in [1.165, 1.54) is 36.4 Å². The molecule has 3 N–H and O–H groups in total. The van der Waals surface area contributed by atoms with Crippen LogP contribution in [0.25, 0.3) is 0 Å². The van der Waals surface area contributed by atoms with Crippen molar-refractivity contribution >= 4 is 5.71 Å². The third-order valence-electron chi connectivity index (χ3n) is 3.84. The average Bonchev–Trinajstić information content (AvgIpc) is 2.66. The van der Waals surface area contributed by atoms with E-state index < -0.39 is 24.1 Å². The highest BCUT2D eigenvalue weighted by molar-refractivity contribution is 6.02. The van der Waals surface area contributed by atoms with Gasteiger partial charge in [0.15, 0.2) is 0 Å². The Kier molecular flexibility index (Phi) is 7.12. The van der Waals surface area contributed by atoms with E-state index >= 15 is 0 Å². The van der Waals surface area contributed by atoms with Gasteiger partial charge in [-0.05, 0) is 42.0 Å². The first kappa shape index (κ1) is 22.5. The van der Waals surface area contributed by atoms with Crippen molar-refractivity contribution in [2.45, 2.75) is 24.8 Å². The molecule has 0 spiro atoms. The smallest absolute Gasteiger partial charge is 0.433 e. The van der Waals surface area contributed by atoms with Crippen LogP contribution in [0.3, 0.4) is 0 Å². The molecule has 0 saturated carbocycles. The normalized spacial score (nSPS) is 13.1. The van der Waals surface area contributed by atoms with Crippen LogP contribution in [0.5, 0.6) is 11.5 Å². The number of ether oxygens (including phenoxy) is 2. The number of nitrogens with one attached hydrogen (secondary N) is 1. The van der Waals surface area contributed by atoms with Crippen molar-refractivity contribution in [1.29, 1.82) is 5.41 Å². The molecule has 10 heteroatoms. The third kappa shape index (κ3) is 6.67. The monoisotopic (exact) mass is 420 g/mol. The first-order valence-electron chi connectivity index (χ1n) is 8.42. The lowest BCUT2D eigenvalue weighted by Crippen LogP contribution is -2.28. The Hall–Kier alpha value is -2.75. The molecular formula is C19H18F6N2O2. The van der Waals surface area contributed by atoms with Crippen molar-refractivity contribution in [3.63, 3.8) is 0 Å². The Morgan fingerprint density at radius 3 is 1.69 bits per heavy atom. The van der Waals surface area contributed by atoms with E-state index in [1.54, 1.807) is 0 Å². The number of hydrogen-bond donors (Lipinski definition) is 2. The first-order valence-corrected chi connectivity index (χ1v) is 8.42. The van der Waals surface area contributed by atoms with Crippen molar-refractivity contribution < 1.29 is 35.8 Å². The van der Waals surface area contributed by atoms with Crippen LogP contribution in [-0.2, 0) is 0 Å². The zero-order chi connectivity index (χ0) is 21.7. The molecule has 0 aliphatic heterocycles. The van der Waals surface area contributed by atoms with Gasteiger partial charge in [-0.25, -0.2) is 0 Å². The van der Waals surface area contributed by atoms with Crippen LogP contribution in [0, 0.1) is 5.41 Å². The summed E-state index contributed by atoms with van der Waals surface area (Å²) in [6.45, 7) is 0.439. The molecule has 0 aromatic heterocycles. The van der Waals surface area contributed by atoms with Gasteiger partial charge in [0.25, 0.3) is 0 Å². The molecule has 0 fully saturated rings. The molecule has 4 nitrogen and oxygen atoms in total. The zero-order valence-electron chi connectivity index (χ0n) is 15.0. The second kappa shape index (κ2) is 9.17. The minimum absolute atomic E-state index is 0.0739. The largest absolute Gasteiger partial charge is 0.493 e. The van der Waals surface area contributed by atoms with Crippen molar-refractivity contribution in [2.75, 3.05) is 13.2 Å². The molecule has 0 aliphatic carbocycles. The fraction of sp³-hybridized carbons (Fsp3) is 0.316. The topological polar surface area (TPSA) is 68.3 Å². The Labute approximate surface area is 162 Å². The van der Waals surface area contributed by atoms with Crippen LogP contribution >= 0.6 is 0 Å². The van der Waals surface area contributed by atoms with E-state index in [4.69, 9.17) is 20.6 Å². The van der Waals surface area contributed by atoms with Crippen LogP contribution in [0.2, 0.25) is 0 Å². The highest BCUT2D eigenvalue weighted by Crippen LogP contribution is 2.31. The standard InChI is InChI=1S/C19H18F6N2O2/c20-18(21,22)16(26)12-2-6-14(7-3-12)28-10-1-11-29-15-8-4-13(5-9-15)17(27)19(23,24)25/h2-9,16,27H,1,10-11,26H2. The highest BCUT2D eigenvalue weighted by Gasteiger charge is 2.37. The summed E-state index contributed by atoms with van der Waals surface area (Å²) in [6, 6.07) is 8.15. The van der Waals surface area contributed by atoms with Crippen LogP contribution in [0.4, 0.5) is 26.3 Å². The Morgan fingerprint density at radius 1 is 0.828 bits per heavy atom. The van der Waals surface area contributed by atoms with Gasteiger partial charge in [0.1, 0.15) is 23.3 Å². The fourth-order valence-corrected chi connectivity index (χ4v) is 2.28. The maximum absolute atomic E-state index is 12.5. The molecule has 158 valence electrons. The van der Waals surface area contributed by atoms with E-state index in [9.17, 15) is 26.3 Å². The molecule has 0 aliphatic rings. The lowest BCUT2D eigenvalue weighted by molar-refractivity contribution is -0.149. The molecule has 0 radical (unpaired) electrons. The third-order valence-corrected chi connectivity index (χ3v) is 3.84. The highest BCUT2D eigenvalue weighted by atomic mass is 19.4. The summed E-state index contributed by atoms with van der Waals surface area (Å²) in [5.74, 6) is 0.715. The molecule has 1 atom stereocenters. The van der Waals surface area contributed by atoms with Crippen LogP contribution in [-0.4, -0.2) is 31.3 Å². The molecule has 0 saturated heterocycles. The van der Waals surface area contributed by atoms with Crippen molar-refractivity contribution in [1.82, 2.24) is 0 Å². The number of benzene rings is 2. The van der Waals surface area contributed by atoms with Crippen LogP contribution < -0.4 is 15.2 Å². The van der Waals surface area contributed by atoms with Gasteiger partial charge in [-0.15, -0.1) is 0 Å².